The molecule has 1 unspecified atom stereocenters. The first-order chi connectivity index (χ1) is 7.33. The van der Waals surface area contributed by atoms with Gasteiger partial charge in [0.15, 0.2) is 0 Å². The van der Waals surface area contributed by atoms with Crippen molar-refractivity contribution in [1.82, 2.24) is 5.43 Å². The van der Waals surface area contributed by atoms with Gasteiger partial charge in [0.2, 0.25) is 0 Å². The molecule has 0 fully saturated rings. The Balaban J connectivity index is 2.93. The fourth-order valence-electron chi connectivity index (χ4n) is 1.70. The van der Waals surface area contributed by atoms with Crippen molar-refractivity contribution in [1.29, 1.82) is 0 Å². The van der Waals surface area contributed by atoms with E-state index in [1.807, 2.05) is 25.1 Å². The highest BCUT2D eigenvalue weighted by Gasteiger charge is 2.14. The molecule has 82 valence electrons. The van der Waals surface area contributed by atoms with E-state index in [0.717, 1.165) is 18.8 Å². The third-order valence-corrected chi connectivity index (χ3v) is 2.42. The zero-order chi connectivity index (χ0) is 11.1. The molecule has 0 bridgehead atoms. The highest BCUT2D eigenvalue weighted by molar-refractivity contribution is 5.88. The number of hydrogen-bond donors (Lipinski definition) is 2. The van der Waals surface area contributed by atoms with E-state index in [0.29, 0.717) is 0 Å². The quantitative estimate of drug-likeness (QED) is 0.342. The predicted molar refractivity (Wildman–Crippen MR) is 64.8 cm³/mol. The molecule has 0 aliphatic carbocycles. The summed E-state index contributed by atoms with van der Waals surface area (Å²) in [7, 11) is 0. The average molecular weight is 205 g/mol. The van der Waals surface area contributed by atoms with E-state index in [4.69, 9.17) is 5.84 Å². The van der Waals surface area contributed by atoms with Gasteiger partial charge >= 0.3 is 0 Å². The maximum Gasteiger partial charge on any atom is 0.118 e. The first-order valence-corrected chi connectivity index (χ1v) is 5.39. The van der Waals surface area contributed by atoms with E-state index in [-0.39, 0.29) is 5.92 Å². The number of nitrogens with one attached hydrogen (secondary N) is 1. The molecule has 15 heavy (non-hydrogen) atoms. The van der Waals surface area contributed by atoms with Crippen molar-refractivity contribution in [2.75, 3.05) is 6.54 Å². The average Bonchev–Trinajstić information content (AvgIpc) is 2.30. The van der Waals surface area contributed by atoms with Crippen molar-refractivity contribution in [2.24, 2.45) is 10.8 Å². The summed E-state index contributed by atoms with van der Waals surface area (Å²) in [5.41, 5.74) is 3.96. The molecule has 1 aromatic carbocycles. The molecule has 3 heteroatoms. The van der Waals surface area contributed by atoms with Crippen molar-refractivity contribution in [3.8, 4) is 0 Å². The predicted octanol–water partition coefficient (Wildman–Crippen LogP) is 2.06. The van der Waals surface area contributed by atoms with Crippen molar-refractivity contribution in [2.45, 2.75) is 26.2 Å². The topological polar surface area (TPSA) is 50.4 Å². The Hall–Kier alpha value is -1.35. The van der Waals surface area contributed by atoms with Crippen LogP contribution in [0.2, 0.25) is 0 Å². The molecule has 0 radical (unpaired) electrons. The summed E-state index contributed by atoms with van der Waals surface area (Å²) < 4.78 is 0. The zero-order valence-corrected chi connectivity index (χ0v) is 9.40. The Morgan fingerprint density at radius 1 is 1.33 bits per heavy atom. The molecule has 0 spiro atoms. The van der Waals surface area contributed by atoms with Crippen molar-refractivity contribution in [3.05, 3.63) is 35.9 Å². The fraction of sp³-hybridized carbons (Fsp3) is 0.417. The van der Waals surface area contributed by atoms with Crippen LogP contribution in [0.25, 0.3) is 0 Å². The minimum absolute atomic E-state index is 0.274. The van der Waals surface area contributed by atoms with Crippen LogP contribution in [0.3, 0.4) is 0 Å². The van der Waals surface area contributed by atoms with Gasteiger partial charge in [-0.05, 0) is 18.9 Å². The summed E-state index contributed by atoms with van der Waals surface area (Å²) in [6, 6.07) is 10.3. The van der Waals surface area contributed by atoms with Crippen LogP contribution in [0.4, 0.5) is 0 Å². The Kier molecular flexibility index (Phi) is 4.84. The van der Waals surface area contributed by atoms with Crippen LogP contribution in [-0.2, 0) is 0 Å². The van der Waals surface area contributed by atoms with Crippen LogP contribution < -0.4 is 11.3 Å². The lowest BCUT2D eigenvalue weighted by Crippen LogP contribution is -2.35. The number of benzene rings is 1. The van der Waals surface area contributed by atoms with Crippen molar-refractivity contribution in [3.63, 3.8) is 0 Å². The number of nitrogens with two attached hydrogens (primary N) is 1. The molecule has 3 N–H and O–H groups in total. The smallest absolute Gasteiger partial charge is 0.118 e. The maximum absolute atomic E-state index is 5.49. The molecule has 1 rings (SSSR count). The minimum atomic E-state index is 0.274. The number of nitrogens with zero attached hydrogens (tertiary/aromatic N) is 1. The standard InChI is InChI=1S/C12H19N3/c1-3-11(12(15-13)14-4-2)10-8-6-5-7-9-10/h5-9,11H,3-4,13H2,1-2H3,(H,14,15). The SMILES string of the molecule is CCN=C(NN)C(CC)c1ccccc1. The van der Waals surface area contributed by atoms with Crippen LogP contribution in [0, 0.1) is 0 Å². The third-order valence-electron chi connectivity index (χ3n) is 2.42. The first kappa shape index (κ1) is 11.7. The number of hydrazine groups is 1. The second-order valence-corrected chi connectivity index (χ2v) is 3.38. The number of rotatable bonds is 4. The molecule has 1 aromatic rings. The van der Waals surface area contributed by atoms with Crippen LogP contribution in [0.5, 0.6) is 0 Å². The second-order valence-electron chi connectivity index (χ2n) is 3.38. The summed E-state index contributed by atoms with van der Waals surface area (Å²) in [5.74, 6) is 6.63. The number of hydrogen-bond acceptors (Lipinski definition) is 2. The van der Waals surface area contributed by atoms with Crippen LogP contribution in [0.15, 0.2) is 35.3 Å². The monoisotopic (exact) mass is 205 g/mol. The van der Waals surface area contributed by atoms with Gasteiger partial charge in [-0.25, -0.2) is 5.84 Å². The van der Waals surface area contributed by atoms with Crippen molar-refractivity contribution < 1.29 is 0 Å². The minimum Gasteiger partial charge on any atom is -0.312 e. The Morgan fingerprint density at radius 3 is 2.47 bits per heavy atom. The van der Waals surface area contributed by atoms with Gasteiger partial charge in [0, 0.05) is 12.5 Å². The molecule has 3 nitrogen and oxygen atoms in total. The molecule has 0 aliphatic heterocycles. The Labute approximate surface area is 91.4 Å². The Bertz CT molecular complexity index is 306. The summed E-state index contributed by atoms with van der Waals surface area (Å²) in [5, 5.41) is 0. The van der Waals surface area contributed by atoms with E-state index in [2.05, 4.69) is 29.5 Å². The molecule has 1 atom stereocenters. The van der Waals surface area contributed by atoms with Gasteiger partial charge in [-0.3, -0.25) is 4.99 Å². The molecule has 0 amide bonds. The molecule has 0 aliphatic rings. The third kappa shape index (κ3) is 3.06. The largest absolute Gasteiger partial charge is 0.312 e. The lowest BCUT2D eigenvalue weighted by atomic mass is 9.95. The normalized spacial score (nSPS) is 13.7. The lowest BCUT2D eigenvalue weighted by Gasteiger charge is -2.17. The van der Waals surface area contributed by atoms with Gasteiger partial charge in [0.25, 0.3) is 0 Å². The van der Waals surface area contributed by atoms with E-state index < -0.39 is 0 Å². The summed E-state index contributed by atoms with van der Waals surface area (Å²) in [4.78, 5) is 4.37. The summed E-state index contributed by atoms with van der Waals surface area (Å²) >= 11 is 0. The van der Waals surface area contributed by atoms with Gasteiger partial charge in [-0.2, -0.15) is 0 Å². The van der Waals surface area contributed by atoms with E-state index >= 15 is 0 Å². The van der Waals surface area contributed by atoms with E-state index in [1.165, 1.54) is 5.56 Å². The van der Waals surface area contributed by atoms with E-state index in [9.17, 15) is 0 Å². The summed E-state index contributed by atoms with van der Waals surface area (Å²) in [6.45, 7) is 4.90. The van der Waals surface area contributed by atoms with Gasteiger partial charge in [-0.15, -0.1) is 0 Å². The second kappa shape index (κ2) is 6.19. The van der Waals surface area contributed by atoms with Crippen LogP contribution >= 0.6 is 0 Å². The maximum atomic E-state index is 5.49. The molecule has 0 aromatic heterocycles. The molecular formula is C12H19N3. The highest BCUT2D eigenvalue weighted by atomic mass is 15.3. The van der Waals surface area contributed by atoms with Crippen LogP contribution in [-0.4, -0.2) is 12.4 Å². The fourth-order valence-corrected chi connectivity index (χ4v) is 1.70. The van der Waals surface area contributed by atoms with Gasteiger partial charge < -0.3 is 5.43 Å². The molecule has 0 saturated heterocycles. The van der Waals surface area contributed by atoms with Gasteiger partial charge in [0.05, 0.1) is 0 Å². The highest BCUT2D eigenvalue weighted by Crippen LogP contribution is 2.19. The molecule has 0 heterocycles. The van der Waals surface area contributed by atoms with E-state index in [1.54, 1.807) is 0 Å². The molecular weight excluding hydrogens is 186 g/mol. The van der Waals surface area contributed by atoms with Crippen LogP contribution in [0.1, 0.15) is 31.7 Å². The first-order valence-electron chi connectivity index (χ1n) is 5.39. The molecule has 0 saturated carbocycles. The summed E-state index contributed by atoms with van der Waals surface area (Å²) in [6.07, 6.45) is 0.993. The van der Waals surface area contributed by atoms with Crippen molar-refractivity contribution >= 4 is 5.84 Å². The number of amidine groups is 1. The number of aliphatic imine (C=N–C) groups is 1. The zero-order valence-electron chi connectivity index (χ0n) is 9.40. The van der Waals surface area contributed by atoms with Gasteiger partial charge in [0.1, 0.15) is 5.84 Å². The van der Waals surface area contributed by atoms with Gasteiger partial charge in [-0.1, -0.05) is 37.3 Å². The Morgan fingerprint density at radius 2 is 2.00 bits per heavy atom. The lowest BCUT2D eigenvalue weighted by molar-refractivity contribution is 0.788.